The number of hydrogen-bond acceptors (Lipinski definition) is 4. The van der Waals surface area contributed by atoms with Gasteiger partial charge in [0.2, 0.25) is 5.52 Å². The van der Waals surface area contributed by atoms with Gasteiger partial charge < -0.3 is 9.30 Å². The van der Waals surface area contributed by atoms with Crippen LogP contribution >= 0.6 is 7.14 Å². The molecule has 0 aliphatic carbocycles. The Kier molecular flexibility index (Phi) is 6.89. The van der Waals surface area contributed by atoms with Gasteiger partial charge >= 0.3 is 5.97 Å². The highest BCUT2D eigenvalue weighted by Crippen LogP contribution is 2.48. The summed E-state index contributed by atoms with van der Waals surface area (Å²) in [5.74, 6) is -0.655. The quantitative estimate of drug-likeness (QED) is 0.591. The molecule has 1 unspecified atom stereocenters. The van der Waals surface area contributed by atoms with Crippen molar-refractivity contribution >= 4 is 23.9 Å². The zero-order chi connectivity index (χ0) is 17.9. The van der Waals surface area contributed by atoms with E-state index in [0.29, 0.717) is 10.9 Å². The van der Waals surface area contributed by atoms with Gasteiger partial charge in [-0.3, -0.25) is 9.59 Å². The van der Waals surface area contributed by atoms with Gasteiger partial charge in [0.1, 0.15) is 6.16 Å². The first-order valence-corrected chi connectivity index (χ1v) is 9.53. The summed E-state index contributed by atoms with van der Waals surface area (Å²) in [6.45, 7) is 5.58. The number of esters is 1. The second-order valence-electron chi connectivity index (χ2n) is 5.89. The second kappa shape index (κ2) is 8.26. The fourth-order valence-corrected chi connectivity index (χ4v) is 5.31. The van der Waals surface area contributed by atoms with Crippen LogP contribution in [0.2, 0.25) is 0 Å². The molecule has 0 spiro atoms. The summed E-state index contributed by atoms with van der Waals surface area (Å²) in [5, 5.41) is 0.375. The molecule has 0 aromatic heterocycles. The number of carbonyl (C=O) groups excluding carboxylic acids is 2. The van der Waals surface area contributed by atoms with E-state index in [1.807, 2.05) is 32.9 Å². The minimum atomic E-state index is -3.64. The van der Waals surface area contributed by atoms with Crippen LogP contribution in [0, 0.1) is 20.8 Å². The van der Waals surface area contributed by atoms with Gasteiger partial charge in [-0.2, -0.15) is 0 Å². The minimum absolute atomic E-state index is 0. The Morgan fingerprint density at radius 1 is 1.00 bits per heavy atom. The summed E-state index contributed by atoms with van der Waals surface area (Å²) in [5.41, 5.74) is 2.49. The van der Waals surface area contributed by atoms with Crippen molar-refractivity contribution in [2.45, 2.75) is 28.2 Å². The molecule has 0 bridgehead atoms. The fraction of sp³-hybridized carbons (Fsp3) is 0.300. The van der Waals surface area contributed by atoms with Crippen LogP contribution in [0.3, 0.4) is 0 Å². The van der Waals surface area contributed by atoms with E-state index in [1.54, 1.807) is 30.3 Å². The molecule has 5 heteroatoms. The van der Waals surface area contributed by atoms with Crippen molar-refractivity contribution < 1.29 is 18.9 Å². The number of hydrogen-bond donors (Lipinski definition) is 0. The summed E-state index contributed by atoms with van der Waals surface area (Å²) < 4.78 is 18.3. The van der Waals surface area contributed by atoms with Gasteiger partial charge in [0, 0.05) is 10.9 Å². The fourth-order valence-electron chi connectivity index (χ4n) is 2.89. The van der Waals surface area contributed by atoms with Gasteiger partial charge in [-0.25, -0.2) is 0 Å². The Balaban J connectivity index is 0.00000312. The van der Waals surface area contributed by atoms with Crippen molar-refractivity contribution in [1.29, 1.82) is 0 Å². The maximum Gasteiger partial charge on any atom is 0.313 e. The van der Waals surface area contributed by atoms with E-state index in [0.717, 1.165) is 16.7 Å². The number of ether oxygens (including phenoxy) is 1. The molecule has 0 N–H and O–H groups in total. The van der Waals surface area contributed by atoms with Crippen molar-refractivity contribution in [1.82, 2.24) is 0 Å². The Bertz CT molecular complexity index is 802. The van der Waals surface area contributed by atoms with Crippen molar-refractivity contribution in [3.8, 4) is 0 Å². The van der Waals surface area contributed by atoms with Gasteiger partial charge in [0.25, 0.3) is 0 Å². The smallest absolute Gasteiger partial charge is 0.313 e. The third-order valence-corrected chi connectivity index (χ3v) is 6.69. The molecule has 0 radical (unpaired) electrons. The van der Waals surface area contributed by atoms with Crippen LogP contribution in [0.15, 0.2) is 42.5 Å². The van der Waals surface area contributed by atoms with Crippen molar-refractivity contribution in [2.24, 2.45) is 0 Å². The van der Waals surface area contributed by atoms with Crippen LogP contribution < -0.4 is 5.30 Å². The monoisotopic (exact) mass is 360 g/mol. The largest absolute Gasteiger partial charge is 0.469 e. The third-order valence-electron chi connectivity index (χ3n) is 3.97. The standard InChI is InChI=1S/C19H21O4P.CH4/c1-13-10-14(2)18(15(3)11-13)19(21)24(22,12-17(20)23-4)16-8-6-5-7-9-16;/h5-11H,12H2,1-4H3;1H4. The van der Waals surface area contributed by atoms with E-state index in [2.05, 4.69) is 4.74 Å². The Hall–Kier alpha value is -2.19. The maximum absolute atomic E-state index is 13.6. The number of carbonyl (C=O) groups is 2. The molecule has 1 atom stereocenters. The SMILES string of the molecule is C.COC(=O)CP(=O)(C(=O)c1c(C)cc(C)cc1C)c1ccccc1. The van der Waals surface area contributed by atoms with E-state index in [1.165, 1.54) is 7.11 Å². The van der Waals surface area contributed by atoms with E-state index in [4.69, 9.17) is 0 Å². The first-order valence-electron chi connectivity index (χ1n) is 7.64. The second-order valence-corrected chi connectivity index (χ2v) is 8.61. The average Bonchev–Trinajstić information content (AvgIpc) is 2.54. The molecule has 0 aliphatic rings. The summed E-state index contributed by atoms with van der Waals surface area (Å²) in [6.07, 6.45) is -0.431. The summed E-state index contributed by atoms with van der Waals surface area (Å²) in [7, 11) is -2.41. The van der Waals surface area contributed by atoms with E-state index >= 15 is 0 Å². The van der Waals surface area contributed by atoms with E-state index in [-0.39, 0.29) is 7.43 Å². The lowest BCUT2D eigenvalue weighted by atomic mass is 10.0. The van der Waals surface area contributed by atoms with Crippen molar-refractivity contribution in [3.63, 3.8) is 0 Å². The highest BCUT2D eigenvalue weighted by molar-refractivity contribution is 7.88. The van der Waals surface area contributed by atoms with Crippen molar-refractivity contribution in [2.75, 3.05) is 13.3 Å². The molecular formula is C20H25O4P. The summed E-state index contributed by atoms with van der Waals surface area (Å²) in [4.78, 5) is 25.0. The van der Waals surface area contributed by atoms with Crippen molar-refractivity contribution in [3.05, 3.63) is 64.7 Å². The van der Waals surface area contributed by atoms with Crippen LogP contribution in [0.5, 0.6) is 0 Å². The molecule has 2 rings (SSSR count). The van der Waals surface area contributed by atoms with Crippen LogP contribution in [-0.4, -0.2) is 24.8 Å². The number of methoxy groups -OCH3 is 1. The predicted molar refractivity (Wildman–Crippen MR) is 102 cm³/mol. The topological polar surface area (TPSA) is 60.4 Å². The Morgan fingerprint density at radius 2 is 1.52 bits per heavy atom. The molecule has 2 aromatic carbocycles. The van der Waals surface area contributed by atoms with Gasteiger partial charge in [-0.05, 0) is 31.9 Å². The highest BCUT2D eigenvalue weighted by atomic mass is 31.2. The first-order chi connectivity index (χ1) is 11.3. The number of rotatable bonds is 5. The lowest BCUT2D eigenvalue weighted by molar-refractivity contribution is -0.137. The molecule has 4 nitrogen and oxygen atoms in total. The Morgan fingerprint density at radius 3 is 2.00 bits per heavy atom. The number of benzene rings is 2. The van der Waals surface area contributed by atoms with E-state index < -0.39 is 24.8 Å². The van der Waals surface area contributed by atoms with Gasteiger partial charge in [0.15, 0.2) is 7.14 Å². The molecule has 0 fully saturated rings. The maximum atomic E-state index is 13.6. The molecule has 134 valence electrons. The van der Waals surface area contributed by atoms with Crippen LogP contribution in [-0.2, 0) is 14.1 Å². The highest BCUT2D eigenvalue weighted by Gasteiger charge is 2.38. The van der Waals surface area contributed by atoms with Gasteiger partial charge in [-0.15, -0.1) is 0 Å². The molecule has 0 aliphatic heterocycles. The van der Waals surface area contributed by atoms with Crippen LogP contribution in [0.25, 0.3) is 0 Å². The van der Waals surface area contributed by atoms with Crippen LogP contribution in [0.1, 0.15) is 34.5 Å². The minimum Gasteiger partial charge on any atom is -0.469 e. The van der Waals surface area contributed by atoms with E-state index in [9.17, 15) is 14.2 Å². The average molecular weight is 360 g/mol. The normalized spacial score (nSPS) is 12.6. The molecular weight excluding hydrogens is 335 g/mol. The molecule has 2 aromatic rings. The lowest BCUT2D eigenvalue weighted by Gasteiger charge is -2.19. The predicted octanol–water partition coefficient (Wildman–Crippen LogP) is 4.25. The third kappa shape index (κ3) is 4.26. The van der Waals surface area contributed by atoms with Gasteiger partial charge in [0.05, 0.1) is 7.11 Å². The zero-order valence-corrected chi connectivity index (χ0v) is 15.2. The molecule has 0 heterocycles. The lowest BCUT2D eigenvalue weighted by Crippen LogP contribution is -2.22. The summed E-state index contributed by atoms with van der Waals surface area (Å²) >= 11 is 0. The molecule has 0 amide bonds. The first kappa shape index (κ1) is 20.9. The number of aryl methyl sites for hydroxylation is 3. The van der Waals surface area contributed by atoms with Gasteiger partial charge in [-0.1, -0.05) is 55.5 Å². The molecule has 0 saturated carbocycles. The Labute approximate surface area is 149 Å². The zero-order valence-electron chi connectivity index (χ0n) is 14.3. The van der Waals surface area contributed by atoms with Crippen LogP contribution in [0.4, 0.5) is 0 Å². The summed E-state index contributed by atoms with van der Waals surface area (Å²) in [6, 6.07) is 12.2. The molecule has 0 saturated heterocycles. The molecule has 25 heavy (non-hydrogen) atoms.